The molecule has 1 aromatic heterocycles. The second-order valence-electron chi connectivity index (χ2n) is 4.89. The van der Waals surface area contributed by atoms with Crippen LogP contribution in [0.3, 0.4) is 0 Å². The molecule has 0 bridgehead atoms. The maximum absolute atomic E-state index is 12.4. The summed E-state index contributed by atoms with van der Waals surface area (Å²) in [5, 5.41) is 18.8. The molecule has 8 nitrogen and oxygen atoms in total. The van der Waals surface area contributed by atoms with Crippen molar-refractivity contribution in [3.05, 3.63) is 11.1 Å². The van der Waals surface area contributed by atoms with E-state index in [9.17, 15) is 20.1 Å². The van der Waals surface area contributed by atoms with E-state index in [2.05, 4.69) is 4.98 Å². The van der Waals surface area contributed by atoms with Crippen LogP contribution in [0, 0.1) is 22.7 Å². The van der Waals surface area contributed by atoms with Gasteiger partial charge in [0.2, 0.25) is 4.75 Å². The maximum Gasteiger partial charge on any atom is 0.333 e. The van der Waals surface area contributed by atoms with Gasteiger partial charge in [-0.2, -0.15) is 10.5 Å². The lowest BCUT2D eigenvalue weighted by atomic mass is 10.2. The molecule has 0 spiro atoms. The van der Waals surface area contributed by atoms with Crippen LogP contribution in [0.2, 0.25) is 0 Å². The van der Waals surface area contributed by atoms with E-state index in [-0.39, 0.29) is 35.2 Å². The van der Waals surface area contributed by atoms with Crippen molar-refractivity contribution in [3.63, 3.8) is 0 Å². The van der Waals surface area contributed by atoms with Gasteiger partial charge in [0.25, 0.3) is 0 Å². The van der Waals surface area contributed by atoms with Gasteiger partial charge in [0.1, 0.15) is 28.5 Å². The Hall–Kier alpha value is -2.43. The molecule has 0 fully saturated rings. The Labute approximate surface area is 160 Å². The van der Waals surface area contributed by atoms with Gasteiger partial charge in [0, 0.05) is 4.90 Å². The fourth-order valence-corrected chi connectivity index (χ4v) is 3.77. The Kier molecular flexibility index (Phi) is 7.75. The summed E-state index contributed by atoms with van der Waals surface area (Å²) in [7, 11) is 0. The third-order valence-corrected chi connectivity index (χ3v) is 5.25. The van der Waals surface area contributed by atoms with Crippen LogP contribution in [0.4, 0.5) is 5.82 Å². The van der Waals surface area contributed by atoms with E-state index in [0.717, 1.165) is 11.8 Å². The van der Waals surface area contributed by atoms with E-state index < -0.39 is 16.7 Å². The van der Waals surface area contributed by atoms with Crippen molar-refractivity contribution in [2.75, 3.05) is 25.2 Å². The predicted octanol–water partition coefficient (Wildman–Crippen LogP) is 2.11. The molecule has 1 rings (SSSR count). The van der Waals surface area contributed by atoms with Gasteiger partial charge < -0.3 is 15.2 Å². The van der Waals surface area contributed by atoms with Crippen molar-refractivity contribution in [1.29, 1.82) is 10.5 Å². The monoisotopic (exact) mass is 394 g/mol. The van der Waals surface area contributed by atoms with Crippen LogP contribution >= 0.6 is 23.5 Å². The lowest BCUT2D eigenvalue weighted by molar-refractivity contribution is -0.157. The number of nitrogens with zero attached hydrogens (tertiary/aromatic N) is 3. The third-order valence-electron chi connectivity index (χ3n) is 3.20. The van der Waals surface area contributed by atoms with Gasteiger partial charge in [-0.1, -0.05) is 11.8 Å². The van der Waals surface area contributed by atoms with Crippen LogP contribution in [0.1, 0.15) is 31.9 Å². The summed E-state index contributed by atoms with van der Waals surface area (Å²) < 4.78 is 8.21. The third kappa shape index (κ3) is 4.21. The molecule has 0 atom stereocenters. The van der Waals surface area contributed by atoms with E-state index in [0.29, 0.717) is 16.7 Å². The average molecular weight is 394 g/mol. The molecule has 0 aliphatic rings. The summed E-state index contributed by atoms with van der Waals surface area (Å²) in [4.78, 5) is 29.2. The topological polar surface area (TPSA) is 139 Å². The Balaban J connectivity index is 3.56. The van der Waals surface area contributed by atoms with Crippen molar-refractivity contribution in [3.8, 4) is 12.1 Å². The van der Waals surface area contributed by atoms with Gasteiger partial charge in [0.05, 0.1) is 18.8 Å². The molecule has 138 valence electrons. The maximum atomic E-state index is 12.4. The number of carbonyl (C=O) groups excluding carboxylic acids is 2. The number of ether oxygens (including phenoxy) is 2. The molecule has 10 heteroatoms. The fraction of sp³-hybridized carbons (Fsp3) is 0.438. The number of esters is 2. The first kappa shape index (κ1) is 21.6. The van der Waals surface area contributed by atoms with E-state index in [1.165, 1.54) is 6.92 Å². The van der Waals surface area contributed by atoms with Gasteiger partial charge >= 0.3 is 11.9 Å². The normalized spacial score (nSPS) is 10.5. The molecular formula is C16H18N4O4S2. The SMILES string of the molecule is CCOC(=O)C(C)(Sc1nc(N)c(C#N)c(SC)c1C#N)C(=O)OCC. The highest BCUT2D eigenvalue weighted by Crippen LogP contribution is 2.40. The number of nitrogens with two attached hydrogens (primary N) is 1. The number of pyridine rings is 1. The summed E-state index contributed by atoms with van der Waals surface area (Å²) in [6.45, 7) is 4.69. The second kappa shape index (κ2) is 9.32. The minimum atomic E-state index is -1.78. The zero-order valence-corrected chi connectivity index (χ0v) is 16.4. The van der Waals surface area contributed by atoms with Crippen LogP contribution in [-0.2, 0) is 19.1 Å². The standard InChI is InChI=1S/C16H18N4O4S2/c1-5-23-14(21)16(3,15(22)24-6-2)26-13-10(8-18)11(25-4)9(7-17)12(19)20-13/h5-6H2,1-4H3,(H2,19,20). The predicted molar refractivity (Wildman–Crippen MR) is 97.4 cm³/mol. The van der Waals surface area contributed by atoms with E-state index in [1.807, 2.05) is 12.1 Å². The minimum Gasteiger partial charge on any atom is -0.465 e. The number of carbonyl (C=O) groups is 2. The van der Waals surface area contributed by atoms with E-state index in [4.69, 9.17) is 15.2 Å². The number of hydrogen-bond acceptors (Lipinski definition) is 10. The summed E-state index contributed by atoms with van der Waals surface area (Å²) >= 11 is 1.87. The first-order chi connectivity index (χ1) is 12.3. The summed E-state index contributed by atoms with van der Waals surface area (Å²) in [5.74, 6) is -1.72. The zero-order chi connectivity index (χ0) is 19.9. The number of rotatable bonds is 7. The lowest BCUT2D eigenvalue weighted by Gasteiger charge is -2.24. The molecule has 0 radical (unpaired) electrons. The van der Waals surface area contributed by atoms with Crippen LogP contribution < -0.4 is 5.73 Å². The van der Waals surface area contributed by atoms with E-state index >= 15 is 0 Å². The molecule has 26 heavy (non-hydrogen) atoms. The summed E-state index contributed by atoms with van der Waals surface area (Å²) in [6, 6.07) is 3.88. The first-order valence-corrected chi connectivity index (χ1v) is 9.55. The Morgan fingerprint density at radius 1 is 1.15 bits per heavy atom. The number of nitrogen functional groups attached to an aromatic ring is 1. The minimum absolute atomic E-state index is 0.0527. The number of thioether (sulfide) groups is 2. The molecule has 2 N–H and O–H groups in total. The van der Waals surface area contributed by atoms with Crippen molar-refractivity contribution in [1.82, 2.24) is 4.98 Å². The van der Waals surface area contributed by atoms with Crippen LogP contribution in [0.15, 0.2) is 9.92 Å². The highest BCUT2D eigenvalue weighted by Gasteiger charge is 2.47. The molecule has 1 heterocycles. The average Bonchev–Trinajstić information content (AvgIpc) is 2.61. The van der Waals surface area contributed by atoms with Gasteiger partial charge in [0.15, 0.2) is 0 Å². The summed E-state index contributed by atoms with van der Waals surface area (Å²) in [5.41, 5.74) is 5.96. The van der Waals surface area contributed by atoms with Gasteiger partial charge in [-0.25, -0.2) is 14.6 Å². The highest BCUT2D eigenvalue weighted by molar-refractivity contribution is 8.02. The first-order valence-electron chi connectivity index (χ1n) is 7.51. The van der Waals surface area contributed by atoms with Gasteiger partial charge in [-0.3, -0.25) is 0 Å². The molecule has 0 amide bonds. The molecule has 0 unspecified atom stereocenters. The molecule has 1 aromatic rings. The Bertz CT molecular complexity index is 781. The molecule has 0 aliphatic carbocycles. The van der Waals surface area contributed by atoms with Crippen molar-refractivity contribution in [2.24, 2.45) is 0 Å². The molecule has 0 saturated carbocycles. The van der Waals surface area contributed by atoms with Crippen LogP contribution in [-0.4, -0.2) is 41.1 Å². The van der Waals surface area contributed by atoms with Crippen molar-refractivity contribution in [2.45, 2.75) is 35.4 Å². The van der Waals surface area contributed by atoms with E-state index in [1.54, 1.807) is 20.1 Å². The van der Waals surface area contributed by atoms with Gasteiger partial charge in [-0.05, 0) is 27.0 Å². The Morgan fingerprint density at radius 3 is 2.04 bits per heavy atom. The van der Waals surface area contributed by atoms with Crippen molar-refractivity contribution >= 4 is 41.3 Å². The fourth-order valence-electron chi connectivity index (χ4n) is 1.94. The van der Waals surface area contributed by atoms with Crippen LogP contribution in [0.5, 0.6) is 0 Å². The summed E-state index contributed by atoms with van der Waals surface area (Å²) in [6.07, 6.45) is 1.68. The smallest absolute Gasteiger partial charge is 0.333 e. The highest BCUT2D eigenvalue weighted by atomic mass is 32.2. The quantitative estimate of drug-likeness (QED) is 0.415. The van der Waals surface area contributed by atoms with Crippen molar-refractivity contribution < 1.29 is 19.1 Å². The second-order valence-corrected chi connectivity index (χ2v) is 7.11. The molecular weight excluding hydrogens is 376 g/mol. The zero-order valence-electron chi connectivity index (χ0n) is 14.8. The molecule has 0 saturated heterocycles. The number of hydrogen-bond donors (Lipinski definition) is 1. The van der Waals surface area contributed by atoms with Crippen LogP contribution in [0.25, 0.3) is 0 Å². The van der Waals surface area contributed by atoms with Gasteiger partial charge in [-0.15, -0.1) is 11.8 Å². The molecule has 0 aromatic carbocycles. The number of nitriles is 2. The number of anilines is 1. The lowest BCUT2D eigenvalue weighted by Crippen LogP contribution is -2.43. The largest absolute Gasteiger partial charge is 0.465 e. The number of aromatic nitrogens is 1. The Morgan fingerprint density at radius 2 is 1.65 bits per heavy atom. The molecule has 0 aliphatic heterocycles.